The van der Waals surface area contributed by atoms with Crippen molar-refractivity contribution in [3.63, 3.8) is 0 Å². The Bertz CT molecular complexity index is 504. The first-order chi connectivity index (χ1) is 7.26. The van der Waals surface area contributed by atoms with Gasteiger partial charge in [0, 0.05) is 12.1 Å². The average Bonchev–Trinajstić information content (AvgIpc) is 2.71. The largest absolute Gasteiger partial charge is 0.462 e. The van der Waals surface area contributed by atoms with Crippen LogP contribution in [0, 0.1) is 0 Å². The Kier molecular flexibility index (Phi) is 2.39. The van der Waals surface area contributed by atoms with E-state index >= 15 is 0 Å². The molecule has 0 bridgehead atoms. The molecule has 0 radical (unpaired) electrons. The number of carbonyl (C=O) groups excluding carboxylic acids is 1. The van der Waals surface area contributed by atoms with Crippen molar-refractivity contribution in [2.75, 3.05) is 7.11 Å². The molecular weight excluding hydrogens is 196 g/mol. The Morgan fingerprint density at radius 3 is 3.07 bits per heavy atom. The molecule has 0 aliphatic heterocycles. The number of fused-ring (bicyclic) bond motifs is 1. The Hall–Kier alpha value is -1.88. The molecule has 0 aliphatic carbocycles. The highest BCUT2D eigenvalue weighted by atomic mass is 16.5. The van der Waals surface area contributed by atoms with Gasteiger partial charge in [0.1, 0.15) is 5.52 Å². The molecule has 0 aliphatic rings. The Balaban J connectivity index is 2.60. The zero-order valence-corrected chi connectivity index (χ0v) is 8.19. The van der Waals surface area contributed by atoms with Crippen LogP contribution in [-0.2, 0) is 11.3 Å². The number of hydrogen-bond acceptors (Lipinski definition) is 5. The van der Waals surface area contributed by atoms with Gasteiger partial charge in [-0.25, -0.2) is 9.78 Å². The quantitative estimate of drug-likeness (QED) is 0.743. The summed E-state index contributed by atoms with van der Waals surface area (Å²) in [7, 11) is 1.28. The van der Waals surface area contributed by atoms with Crippen molar-refractivity contribution in [2.24, 2.45) is 5.73 Å². The number of oxazole rings is 1. The van der Waals surface area contributed by atoms with E-state index in [1.165, 1.54) is 7.11 Å². The molecule has 1 aromatic heterocycles. The van der Waals surface area contributed by atoms with Crippen LogP contribution in [0.2, 0.25) is 0 Å². The lowest BCUT2D eigenvalue weighted by atomic mass is 10.2. The molecule has 1 heterocycles. The normalized spacial score (nSPS) is 10.5. The number of aromatic nitrogens is 1. The number of para-hydroxylation sites is 1. The van der Waals surface area contributed by atoms with Crippen molar-refractivity contribution in [2.45, 2.75) is 6.54 Å². The molecular formula is C10H10N2O3. The number of esters is 1. The van der Waals surface area contributed by atoms with E-state index in [0.717, 1.165) is 5.56 Å². The fraction of sp³-hybridized carbons (Fsp3) is 0.200. The Morgan fingerprint density at radius 2 is 2.40 bits per heavy atom. The van der Waals surface area contributed by atoms with Crippen LogP contribution in [0.15, 0.2) is 22.6 Å². The van der Waals surface area contributed by atoms with Crippen LogP contribution < -0.4 is 5.73 Å². The van der Waals surface area contributed by atoms with Crippen molar-refractivity contribution < 1.29 is 13.9 Å². The van der Waals surface area contributed by atoms with Crippen molar-refractivity contribution in [3.05, 3.63) is 29.7 Å². The summed E-state index contributed by atoms with van der Waals surface area (Å²) in [6.45, 7) is 0.340. The first-order valence-electron chi connectivity index (χ1n) is 4.43. The van der Waals surface area contributed by atoms with E-state index in [-0.39, 0.29) is 5.89 Å². The molecule has 0 unspecified atom stereocenters. The lowest BCUT2D eigenvalue weighted by Crippen LogP contribution is -2.00. The zero-order valence-electron chi connectivity index (χ0n) is 8.19. The molecule has 2 N–H and O–H groups in total. The summed E-state index contributed by atoms with van der Waals surface area (Å²) < 4.78 is 9.79. The smallest absolute Gasteiger partial charge is 0.394 e. The van der Waals surface area contributed by atoms with E-state index in [2.05, 4.69) is 9.72 Å². The van der Waals surface area contributed by atoms with Gasteiger partial charge in [0.05, 0.1) is 7.11 Å². The first kappa shape index (κ1) is 9.67. The SMILES string of the molecule is COC(=O)c1nc2cccc(CN)c2o1. The fourth-order valence-electron chi connectivity index (χ4n) is 1.34. The van der Waals surface area contributed by atoms with E-state index in [1.807, 2.05) is 12.1 Å². The molecule has 2 aromatic rings. The minimum Gasteiger partial charge on any atom is -0.462 e. The van der Waals surface area contributed by atoms with Crippen molar-refractivity contribution in [3.8, 4) is 0 Å². The number of nitrogens with zero attached hydrogens (tertiary/aromatic N) is 1. The molecule has 5 heteroatoms. The maximum atomic E-state index is 11.2. The predicted octanol–water partition coefficient (Wildman–Crippen LogP) is 1.07. The van der Waals surface area contributed by atoms with Gasteiger partial charge in [-0.05, 0) is 6.07 Å². The third kappa shape index (κ3) is 1.57. The van der Waals surface area contributed by atoms with Crippen LogP contribution in [-0.4, -0.2) is 18.1 Å². The number of nitrogens with two attached hydrogens (primary N) is 1. The summed E-state index contributed by atoms with van der Waals surface area (Å²) in [5, 5.41) is 0. The minimum absolute atomic E-state index is 0.0478. The fourth-order valence-corrected chi connectivity index (χ4v) is 1.34. The average molecular weight is 206 g/mol. The maximum absolute atomic E-state index is 11.2. The van der Waals surface area contributed by atoms with E-state index < -0.39 is 5.97 Å². The zero-order chi connectivity index (χ0) is 10.8. The minimum atomic E-state index is -0.589. The Labute approximate surface area is 85.8 Å². The lowest BCUT2D eigenvalue weighted by Gasteiger charge is -1.94. The highest BCUT2D eigenvalue weighted by molar-refractivity contribution is 5.88. The highest BCUT2D eigenvalue weighted by Crippen LogP contribution is 2.19. The van der Waals surface area contributed by atoms with E-state index in [4.69, 9.17) is 10.2 Å². The van der Waals surface area contributed by atoms with Gasteiger partial charge in [-0.2, -0.15) is 0 Å². The topological polar surface area (TPSA) is 78.3 Å². The molecule has 2 rings (SSSR count). The summed E-state index contributed by atoms with van der Waals surface area (Å²) in [5.74, 6) is -0.637. The standard InChI is InChI=1S/C10H10N2O3/c1-14-10(13)9-12-7-4-2-3-6(5-11)8(7)15-9/h2-4H,5,11H2,1H3. The van der Waals surface area contributed by atoms with Crippen LogP contribution in [0.25, 0.3) is 11.1 Å². The molecule has 0 atom stereocenters. The van der Waals surface area contributed by atoms with Gasteiger partial charge in [0.25, 0.3) is 0 Å². The van der Waals surface area contributed by atoms with Crippen LogP contribution in [0.3, 0.4) is 0 Å². The number of carbonyl (C=O) groups is 1. The second-order valence-corrected chi connectivity index (χ2v) is 2.98. The van der Waals surface area contributed by atoms with Gasteiger partial charge in [0.2, 0.25) is 0 Å². The van der Waals surface area contributed by atoms with Crippen LogP contribution in [0.1, 0.15) is 16.2 Å². The molecule has 5 nitrogen and oxygen atoms in total. The molecule has 0 spiro atoms. The van der Waals surface area contributed by atoms with Gasteiger partial charge in [-0.15, -0.1) is 0 Å². The molecule has 0 fully saturated rings. The van der Waals surface area contributed by atoms with Gasteiger partial charge < -0.3 is 14.9 Å². The summed E-state index contributed by atoms with van der Waals surface area (Å²) in [6, 6.07) is 5.40. The third-order valence-corrected chi connectivity index (χ3v) is 2.08. The summed E-state index contributed by atoms with van der Waals surface area (Å²) >= 11 is 0. The number of ether oxygens (including phenoxy) is 1. The monoisotopic (exact) mass is 206 g/mol. The van der Waals surface area contributed by atoms with E-state index in [0.29, 0.717) is 17.6 Å². The van der Waals surface area contributed by atoms with Crippen LogP contribution in [0.4, 0.5) is 0 Å². The Morgan fingerprint density at radius 1 is 1.60 bits per heavy atom. The number of benzene rings is 1. The second-order valence-electron chi connectivity index (χ2n) is 2.98. The van der Waals surface area contributed by atoms with Gasteiger partial charge in [-0.3, -0.25) is 0 Å². The maximum Gasteiger partial charge on any atom is 0.394 e. The second kappa shape index (κ2) is 3.70. The third-order valence-electron chi connectivity index (χ3n) is 2.08. The highest BCUT2D eigenvalue weighted by Gasteiger charge is 2.15. The van der Waals surface area contributed by atoms with Crippen molar-refractivity contribution in [1.29, 1.82) is 0 Å². The molecule has 0 saturated carbocycles. The van der Waals surface area contributed by atoms with Gasteiger partial charge >= 0.3 is 11.9 Å². The number of methoxy groups -OCH3 is 1. The molecule has 0 saturated heterocycles. The van der Waals surface area contributed by atoms with Gasteiger partial charge in [0.15, 0.2) is 5.58 Å². The van der Waals surface area contributed by atoms with Crippen molar-refractivity contribution >= 4 is 17.1 Å². The van der Waals surface area contributed by atoms with E-state index in [1.54, 1.807) is 6.07 Å². The summed E-state index contributed by atoms with van der Waals surface area (Å²) in [5.41, 5.74) is 7.50. The first-order valence-corrected chi connectivity index (χ1v) is 4.43. The molecule has 78 valence electrons. The summed E-state index contributed by atoms with van der Waals surface area (Å²) in [4.78, 5) is 15.2. The molecule has 1 aromatic carbocycles. The van der Waals surface area contributed by atoms with E-state index in [9.17, 15) is 4.79 Å². The number of rotatable bonds is 2. The van der Waals surface area contributed by atoms with Gasteiger partial charge in [-0.1, -0.05) is 12.1 Å². The summed E-state index contributed by atoms with van der Waals surface area (Å²) in [6.07, 6.45) is 0. The lowest BCUT2D eigenvalue weighted by molar-refractivity contribution is 0.0558. The molecule has 0 amide bonds. The van der Waals surface area contributed by atoms with Crippen molar-refractivity contribution in [1.82, 2.24) is 4.98 Å². The predicted molar refractivity (Wildman–Crippen MR) is 53.2 cm³/mol. The molecule has 15 heavy (non-hydrogen) atoms. The van der Waals surface area contributed by atoms with Crippen LogP contribution >= 0.6 is 0 Å². The van der Waals surface area contributed by atoms with Crippen LogP contribution in [0.5, 0.6) is 0 Å². The number of hydrogen-bond donors (Lipinski definition) is 1.